The molecule has 9 aromatic rings. The van der Waals surface area contributed by atoms with Crippen LogP contribution < -0.4 is 5.11 Å². The van der Waals surface area contributed by atoms with Crippen molar-refractivity contribution in [3.05, 3.63) is 237 Å². The molecule has 2 nitrogen and oxygen atoms in total. The summed E-state index contributed by atoms with van der Waals surface area (Å²) < 4.78 is 0. The van der Waals surface area contributed by atoms with Crippen LogP contribution in [0.5, 0.6) is 0 Å². The molecule has 0 N–H and O–H groups in total. The molecule has 3 heteroatoms. The summed E-state index contributed by atoms with van der Waals surface area (Å²) in [6.07, 6.45) is 0.850. The molecule has 61 heavy (non-hydrogen) atoms. The van der Waals surface area contributed by atoms with Gasteiger partial charge in [-0.05, 0) is 87.3 Å². The lowest BCUT2D eigenvalue weighted by atomic mass is 9.93. The average molecular weight is 807 g/mol. The summed E-state index contributed by atoms with van der Waals surface area (Å²) >= 11 is 0. The van der Waals surface area contributed by atoms with Crippen LogP contribution in [-0.4, -0.2) is 5.97 Å². The number of rotatable bonds is 11. The van der Waals surface area contributed by atoms with E-state index in [2.05, 4.69) is 237 Å². The summed E-state index contributed by atoms with van der Waals surface area (Å²) in [6, 6.07) is 86.4. The van der Waals surface area contributed by atoms with Crippen molar-refractivity contribution in [1.29, 1.82) is 0 Å². The lowest BCUT2D eigenvalue weighted by Gasteiger charge is -2.23. The van der Waals surface area contributed by atoms with Crippen molar-refractivity contribution in [2.45, 2.75) is 34.5 Å². The van der Waals surface area contributed by atoms with Crippen molar-refractivity contribution in [3.63, 3.8) is 0 Å². The van der Waals surface area contributed by atoms with E-state index in [0.29, 0.717) is 6.42 Å². The maximum Gasteiger partial charge on any atom is 0.182 e. The van der Waals surface area contributed by atoms with E-state index in [0.717, 1.165) is 0 Å². The van der Waals surface area contributed by atoms with Gasteiger partial charge in [-0.3, -0.25) is 0 Å². The van der Waals surface area contributed by atoms with E-state index in [1.165, 1.54) is 81.4 Å². The van der Waals surface area contributed by atoms with Gasteiger partial charge in [-0.25, -0.2) is 0 Å². The zero-order valence-corrected chi connectivity index (χ0v) is 35.0. The molecule has 0 heterocycles. The van der Waals surface area contributed by atoms with Gasteiger partial charge in [0.15, 0.2) is 14.7 Å². The highest BCUT2D eigenvalue weighted by molar-refractivity contribution is 7.97. The first-order valence-corrected chi connectivity index (χ1v) is 22.0. The van der Waals surface area contributed by atoms with E-state index >= 15 is 0 Å². The Morgan fingerprint density at radius 1 is 0.361 bits per heavy atom. The zero-order chi connectivity index (χ0) is 41.8. The van der Waals surface area contributed by atoms with Crippen LogP contribution in [0.1, 0.15) is 19.8 Å². The highest BCUT2D eigenvalue weighted by Gasteiger charge is 2.40. The summed E-state index contributed by atoms with van der Waals surface area (Å²) in [5.74, 6) is -0.961. The van der Waals surface area contributed by atoms with Crippen LogP contribution in [-0.2, 0) is 15.7 Å². The molecule has 0 unspecified atom stereocenters. The molecule has 0 aliphatic carbocycles. The van der Waals surface area contributed by atoms with E-state index < -0.39 is 16.9 Å². The molecule has 9 aromatic carbocycles. The van der Waals surface area contributed by atoms with Crippen molar-refractivity contribution in [1.82, 2.24) is 0 Å². The third-order valence-electron chi connectivity index (χ3n) is 10.6. The SMILES string of the molecule is CCCC(=O)[O-].c1ccc(-c2cc(-c3ccccc3)c([S+](c3ccccc3)c3c(-c4ccccc4)cc(-c4ccccc4)cc3-c3ccccc3)c(-c3ccccc3)c2)cc1. The fraction of sp³-hybridized carbons (Fsp3) is 0.0517. The van der Waals surface area contributed by atoms with Gasteiger partial charge >= 0.3 is 0 Å². The highest BCUT2D eigenvalue weighted by Crippen LogP contribution is 2.51. The van der Waals surface area contributed by atoms with Gasteiger partial charge in [0.2, 0.25) is 0 Å². The van der Waals surface area contributed by atoms with Gasteiger partial charge in [0.1, 0.15) is 10.9 Å². The van der Waals surface area contributed by atoms with E-state index in [1.54, 1.807) is 6.92 Å². The molecule has 9 rings (SSSR count). The van der Waals surface area contributed by atoms with Crippen molar-refractivity contribution in [3.8, 4) is 66.8 Å². The molecular formula is C58H46O2S. The minimum Gasteiger partial charge on any atom is -0.550 e. The normalized spacial score (nSPS) is 10.8. The number of hydrogen-bond donors (Lipinski definition) is 0. The highest BCUT2D eigenvalue weighted by atomic mass is 32.2. The first kappa shape index (κ1) is 40.6. The lowest BCUT2D eigenvalue weighted by Crippen LogP contribution is -2.20. The predicted octanol–water partition coefficient (Wildman–Crippen LogP) is 14.3. The number of aliphatic carboxylic acids is 1. The minimum atomic E-state index is -0.961. The first-order valence-electron chi connectivity index (χ1n) is 20.8. The van der Waals surface area contributed by atoms with E-state index in [4.69, 9.17) is 0 Å². The first-order chi connectivity index (χ1) is 30.1. The average Bonchev–Trinajstić information content (AvgIpc) is 3.33. The molecular weight excluding hydrogens is 761 g/mol. The second-order valence-electron chi connectivity index (χ2n) is 14.7. The Balaban J connectivity index is 0.000000800. The smallest absolute Gasteiger partial charge is 0.182 e. The van der Waals surface area contributed by atoms with Gasteiger partial charge in [0.25, 0.3) is 0 Å². The fourth-order valence-electron chi connectivity index (χ4n) is 7.72. The maximum absolute atomic E-state index is 9.49. The molecule has 0 saturated heterocycles. The summed E-state index contributed by atoms with van der Waals surface area (Å²) in [4.78, 5) is 13.4. The molecule has 0 aromatic heterocycles. The van der Waals surface area contributed by atoms with Gasteiger partial charge < -0.3 is 9.90 Å². The number of carboxylic acids is 1. The number of hydrogen-bond acceptors (Lipinski definition) is 2. The largest absolute Gasteiger partial charge is 0.550 e. The predicted molar refractivity (Wildman–Crippen MR) is 254 cm³/mol. The van der Waals surface area contributed by atoms with Gasteiger partial charge in [-0.2, -0.15) is 0 Å². The van der Waals surface area contributed by atoms with Gasteiger partial charge in [-0.15, -0.1) is 0 Å². The van der Waals surface area contributed by atoms with Gasteiger partial charge in [-0.1, -0.05) is 214 Å². The number of carboxylic acid groups (broad SMARTS) is 1. The third-order valence-corrected chi connectivity index (χ3v) is 13.0. The van der Waals surface area contributed by atoms with Gasteiger partial charge in [0.05, 0.1) is 0 Å². The number of benzene rings is 9. The van der Waals surface area contributed by atoms with Crippen molar-refractivity contribution in [2.75, 3.05) is 0 Å². The van der Waals surface area contributed by atoms with E-state index in [1.807, 2.05) is 0 Å². The van der Waals surface area contributed by atoms with Gasteiger partial charge in [0, 0.05) is 28.2 Å². The van der Waals surface area contributed by atoms with Crippen LogP contribution in [0.2, 0.25) is 0 Å². The molecule has 0 aliphatic heterocycles. The monoisotopic (exact) mass is 806 g/mol. The molecule has 0 atom stereocenters. The van der Waals surface area contributed by atoms with Crippen LogP contribution in [0.15, 0.2) is 251 Å². The number of carbonyl (C=O) groups is 1. The Kier molecular flexibility index (Phi) is 13.1. The van der Waals surface area contributed by atoms with Crippen LogP contribution in [0.4, 0.5) is 0 Å². The van der Waals surface area contributed by atoms with Crippen LogP contribution in [0, 0.1) is 0 Å². The van der Waals surface area contributed by atoms with Crippen molar-refractivity contribution < 1.29 is 9.90 Å². The standard InChI is InChI=1S/C54H39S.C4H8O2/c1-8-22-40(23-9-1)46-36-49(42-26-12-3-13-27-42)53(50(37-46)43-28-14-4-15-29-43)55(48-34-20-7-21-35-48)54-51(44-30-16-5-17-31-44)38-47(41-24-10-2-11-25-41)39-52(54)45-32-18-6-19-33-45;1-2-3-4(5)6/h1-39H;2-3H2,1H3,(H,5,6)/q+1;/p-1. The topological polar surface area (TPSA) is 40.1 Å². The second kappa shape index (κ2) is 19.7. The minimum absolute atomic E-state index is 0.181. The fourth-order valence-corrected chi connectivity index (χ4v) is 10.4. The maximum atomic E-state index is 9.49. The van der Waals surface area contributed by atoms with E-state index in [-0.39, 0.29) is 6.42 Å². The molecule has 0 fully saturated rings. The van der Waals surface area contributed by atoms with Crippen LogP contribution in [0.3, 0.4) is 0 Å². The molecule has 0 saturated carbocycles. The quantitative estimate of drug-likeness (QED) is 0.122. The molecule has 0 spiro atoms. The Hall–Kier alpha value is -7.20. The summed E-state index contributed by atoms with van der Waals surface area (Å²) in [5.41, 5.74) is 14.5. The molecule has 0 aliphatic rings. The zero-order valence-electron chi connectivity index (χ0n) is 34.2. The lowest BCUT2D eigenvalue weighted by molar-refractivity contribution is -0.305. The Labute approximate surface area is 362 Å². The molecule has 296 valence electrons. The second-order valence-corrected chi connectivity index (χ2v) is 16.6. The molecule has 0 bridgehead atoms. The summed E-state index contributed by atoms with van der Waals surface area (Å²) in [6.45, 7) is 1.80. The van der Waals surface area contributed by atoms with Crippen LogP contribution in [0.25, 0.3) is 66.8 Å². The molecule has 0 radical (unpaired) electrons. The third kappa shape index (κ3) is 9.49. The van der Waals surface area contributed by atoms with Crippen LogP contribution >= 0.6 is 0 Å². The Morgan fingerprint density at radius 3 is 0.836 bits per heavy atom. The summed E-state index contributed by atoms with van der Waals surface area (Å²) in [7, 11) is -0.592. The van der Waals surface area contributed by atoms with Crippen molar-refractivity contribution >= 4 is 16.9 Å². The summed E-state index contributed by atoms with van der Waals surface area (Å²) in [5, 5.41) is 9.49. The van der Waals surface area contributed by atoms with E-state index in [9.17, 15) is 9.90 Å². The Bertz CT molecular complexity index is 2500. The van der Waals surface area contributed by atoms with Crippen molar-refractivity contribution in [2.24, 2.45) is 0 Å². The molecule has 0 amide bonds. The number of carbonyl (C=O) groups excluding carboxylic acids is 1. The Morgan fingerprint density at radius 2 is 0.607 bits per heavy atom.